The molecule has 0 saturated heterocycles. The van der Waals surface area contributed by atoms with Crippen molar-refractivity contribution in [1.29, 1.82) is 0 Å². The fraction of sp³-hybridized carbons (Fsp3) is 0.250. The van der Waals surface area contributed by atoms with Gasteiger partial charge in [-0.05, 0) is 12.1 Å². The maximum absolute atomic E-state index is 11.7. The molecule has 1 heterocycles. The van der Waals surface area contributed by atoms with Gasteiger partial charge in [0.25, 0.3) is 5.91 Å². The van der Waals surface area contributed by atoms with E-state index in [4.69, 9.17) is 5.11 Å². The van der Waals surface area contributed by atoms with E-state index in [1.807, 2.05) is 0 Å². The number of carboxylic acids is 1. The molecule has 1 aromatic rings. The fourth-order valence-electron chi connectivity index (χ4n) is 1.25. The second kappa shape index (κ2) is 7.50. The van der Waals surface area contributed by atoms with Crippen molar-refractivity contribution >= 4 is 23.6 Å². The molecule has 0 saturated carbocycles. The first-order chi connectivity index (χ1) is 8.66. The van der Waals surface area contributed by atoms with Gasteiger partial charge in [-0.2, -0.15) is 11.8 Å². The van der Waals surface area contributed by atoms with Gasteiger partial charge in [0.1, 0.15) is 5.69 Å². The van der Waals surface area contributed by atoms with Crippen LogP contribution in [0.15, 0.2) is 31.0 Å². The topological polar surface area (TPSA) is 79.3 Å². The zero-order valence-corrected chi connectivity index (χ0v) is 10.6. The van der Waals surface area contributed by atoms with Crippen molar-refractivity contribution in [3.63, 3.8) is 0 Å². The standard InChI is InChI=1S/C12H14N2O3S/c1-2-7-18-8-6-14-11(15)10-9(12(16)17)4-3-5-13-10/h2-5H,1,6-8H2,(H,14,15)(H,16,17). The van der Waals surface area contributed by atoms with Gasteiger partial charge in [-0.25, -0.2) is 4.79 Å². The zero-order chi connectivity index (χ0) is 13.4. The molecule has 1 amide bonds. The molecular formula is C12H14N2O3S. The summed E-state index contributed by atoms with van der Waals surface area (Å²) in [5, 5.41) is 11.6. The molecule has 0 aromatic carbocycles. The van der Waals surface area contributed by atoms with Gasteiger partial charge in [0.05, 0.1) is 5.56 Å². The first-order valence-electron chi connectivity index (χ1n) is 5.32. The van der Waals surface area contributed by atoms with E-state index in [0.29, 0.717) is 6.54 Å². The molecule has 1 aromatic heterocycles. The average molecular weight is 266 g/mol. The predicted molar refractivity (Wildman–Crippen MR) is 71.1 cm³/mol. The number of amides is 1. The summed E-state index contributed by atoms with van der Waals surface area (Å²) in [6.07, 6.45) is 3.18. The number of carbonyl (C=O) groups excluding carboxylic acids is 1. The highest BCUT2D eigenvalue weighted by molar-refractivity contribution is 7.99. The van der Waals surface area contributed by atoms with Gasteiger partial charge in [-0.1, -0.05) is 6.08 Å². The van der Waals surface area contributed by atoms with E-state index in [-0.39, 0.29) is 11.3 Å². The van der Waals surface area contributed by atoms with Gasteiger partial charge in [0, 0.05) is 24.2 Å². The van der Waals surface area contributed by atoms with Crippen molar-refractivity contribution in [3.05, 3.63) is 42.2 Å². The maximum Gasteiger partial charge on any atom is 0.338 e. The molecule has 0 bridgehead atoms. The molecular weight excluding hydrogens is 252 g/mol. The highest BCUT2D eigenvalue weighted by Crippen LogP contribution is 2.05. The van der Waals surface area contributed by atoms with Gasteiger partial charge >= 0.3 is 5.97 Å². The third-order valence-corrected chi connectivity index (χ3v) is 2.99. The first kappa shape index (κ1) is 14.2. The van der Waals surface area contributed by atoms with Crippen LogP contribution in [0.1, 0.15) is 20.8 Å². The smallest absolute Gasteiger partial charge is 0.338 e. The quantitative estimate of drug-likeness (QED) is 0.576. The van der Waals surface area contributed by atoms with Crippen LogP contribution in [0.3, 0.4) is 0 Å². The summed E-state index contributed by atoms with van der Waals surface area (Å²) >= 11 is 1.63. The third kappa shape index (κ3) is 4.21. The SMILES string of the molecule is C=CCSCCNC(=O)c1ncccc1C(=O)O. The number of aromatic nitrogens is 1. The Hall–Kier alpha value is -1.82. The number of carbonyl (C=O) groups is 2. The zero-order valence-electron chi connectivity index (χ0n) is 9.76. The number of pyridine rings is 1. The van der Waals surface area contributed by atoms with E-state index < -0.39 is 11.9 Å². The molecule has 18 heavy (non-hydrogen) atoms. The molecule has 0 aliphatic carbocycles. The van der Waals surface area contributed by atoms with Crippen molar-refractivity contribution in [1.82, 2.24) is 10.3 Å². The summed E-state index contributed by atoms with van der Waals surface area (Å²) in [5.74, 6) is -0.0613. The lowest BCUT2D eigenvalue weighted by Gasteiger charge is -2.06. The molecule has 5 nitrogen and oxygen atoms in total. The summed E-state index contributed by atoms with van der Waals surface area (Å²) in [6, 6.07) is 2.84. The number of hydrogen-bond acceptors (Lipinski definition) is 4. The van der Waals surface area contributed by atoms with Gasteiger partial charge in [0.2, 0.25) is 0 Å². The minimum absolute atomic E-state index is 0.0567. The Morgan fingerprint density at radius 1 is 1.56 bits per heavy atom. The van der Waals surface area contributed by atoms with Crippen LogP contribution in [0.5, 0.6) is 0 Å². The predicted octanol–water partition coefficient (Wildman–Crippen LogP) is 1.43. The van der Waals surface area contributed by atoms with E-state index in [9.17, 15) is 9.59 Å². The van der Waals surface area contributed by atoms with Gasteiger partial charge in [-0.15, -0.1) is 6.58 Å². The molecule has 0 atom stereocenters. The average Bonchev–Trinajstić information content (AvgIpc) is 2.38. The highest BCUT2D eigenvalue weighted by Gasteiger charge is 2.16. The molecule has 2 N–H and O–H groups in total. The van der Waals surface area contributed by atoms with Crippen LogP contribution in [0, 0.1) is 0 Å². The Kier molecular flexibility index (Phi) is 5.93. The van der Waals surface area contributed by atoms with Crippen LogP contribution in [-0.2, 0) is 0 Å². The number of nitrogens with one attached hydrogen (secondary N) is 1. The van der Waals surface area contributed by atoms with E-state index in [0.717, 1.165) is 11.5 Å². The first-order valence-corrected chi connectivity index (χ1v) is 6.47. The lowest BCUT2D eigenvalue weighted by atomic mass is 10.2. The van der Waals surface area contributed by atoms with Crippen LogP contribution in [0.4, 0.5) is 0 Å². The molecule has 1 rings (SSSR count). The number of carboxylic acid groups (broad SMARTS) is 1. The number of hydrogen-bond donors (Lipinski definition) is 2. The molecule has 0 aliphatic rings. The maximum atomic E-state index is 11.7. The Labute approximate surface area is 109 Å². The van der Waals surface area contributed by atoms with E-state index in [2.05, 4.69) is 16.9 Å². The molecule has 0 spiro atoms. The monoisotopic (exact) mass is 266 g/mol. The molecule has 0 radical (unpaired) electrons. The second-order valence-electron chi connectivity index (χ2n) is 3.32. The van der Waals surface area contributed by atoms with Gasteiger partial charge in [-0.3, -0.25) is 9.78 Å². The molecule has 6 heteroatoms. The molecule has 0 unspecified atom stereocenters. The second-order valence-corrected chi connectivity index (χ2v) is 4.47. The van der Waals surface area contributed by atoms with Crippen molar-refractivity contribution in [3.8, 4) is 0 Å². The number of aromatic carboxylic acids is 1. The number of rotatable bonds is 7. The Morgan fingerprint density at radius 2 is 2.33 bits per heavy atom. The number of thioether (sulfide) groups is 1. The third-order valence-electron chi connectivity index (χ3n) is 2.02. The van der Waals surface area contributed by atoms with Crippen molar-refractivity contribution in [2.75, 3.05) is 18.1 Å². The Bertz CT molecular complexity index is 449. The van der Waals surface area contributed by atoms with Crippen LogP contribution in [-0.4, -0.2) is 40.0 Å². The van der Waals surface area contributed by atoms with Crippen molar-refractivity contribution in [2.24, 2.45) is 0 Å². The summed E-state index contributed by atoms with van der Waals surface area (Å²) in [6.45, 7) is 4.05. The van der Waals surface area contributed by atoms with E-state index in [1.54, 1.807) is 17.8 Å². The molecule has 96 valence electrons. The lowest BCUT2D eigenvalue weighted by Crippen LogP contribution is -2.28. The normalized spacial score (nSPS) is 9.78. The summed E-state index contributed by atoms with van der Waals surface area (Å²) in [7, 11) is 0. The Morgan fingerprint density at radius 3 is 3.00 bits per heavy atom. The fourth-order valence-corrected chi connectivity index (χ4v) is 1.83. The van der Waals surface area contributed by atoms with E-state index >= 15 is 0 Å². The van der Waals surface area contributed by atoms with Crippen LogP contribution < -0.4 is 5.32 Å². The van der Waals surface area contributed by atoms with E-state index in [1.165, 1.54) is 18.3 Å². The van der Waals surface area contributed by atoms with Gasteiger partial charge in [0.15, 0.2) is 0 Å². The Balaban J connectivity index is 2.56. The largest absolute Gasteiger partial charge is 0.478 e. The minimum Gasteiger partial charge on any atom is -0.478 e. The summed E-state index contributed by atoms with van der Waals surface area (Å²) in [5.41, 5.74) is -0.146. The minimum atomic E-state index is -1.16. The van der Waals surface area contributed by atoms with Crippen molar-refractivity contribution < 1.29 is 14.7 Å². The van der Waals surface area contributed by atoms with Crippen LogP contribution >= 0.6 is 11.8 Å². The van der Waals surface area contributed by atoms with Crippen LogP contribution in [0.2, 0.25) is 0 Å². The number of nitrogens with zero attached hydrogens (tertiary/aromatic N) is 1. The lowest BCUT2D eigenvalue weighted by molar-refractivity contribution is 0.0690. The summed E-state index contributed by atoms with van der Waals surface area (Å²) < 4.78 is 0. The molecule has 0 aliphatic heterocycles. The summed E-state index contributed by atoms with van der Waals surface area (Å²) in [4.78, 5) is 26.4. The van der Waals surface area contributed by atoms with Gasteiger partial charge < -0.3 is 10.4 Å². The highest BCUT2D eigenvalue weighted by atomic mass is 32.2. The van der Waals surface area contributed by atoms with Crippen LogP contribution in [0.25, 0.3) is 0 Å². The van der Waals surface area contributed by atoms with Crippen molar-refractivity contribution in [2.45, 2.75) is 0 Å². The molecule has 0 fully saturated rings.